The minimum atomic E-state index is -0.226. The van der Waals surface area contributed by atoms with Gasteiger partial charge in [0.15, 0.2) is 11.5 Å². The standard InChI is InChI=1S/C24H23NO4/c1-3-28-23-17-18(9-15-22(23)27-2)10-16-24(26)25-19-11-13-21(14-12-19)29-20-7-5-4-6-8-20/h4-17H,3H2,1-2H3,(H,25,26)/b16-10+. The SMILES string of the molecule is CCOc1cc(/C=C/C(=O)Nc2ccc(Oc3ccccc3)cc2)ccc1OC. The second-order valence-electron chi connectivity index (χ2n) is 6.11. The van der Waals surface area contributed by atoms with Gasteiger partial charge in [0.05, 0.1) is 13.7 Å². The van der Waals surface area contributed by atoms with Crippen molar-refractivity contribution in [3.8, 4) is 23.0 Å². The number of ether oxygens (including phenoxy) is 3. The quantitative estimate of drug-likeness (QED) is 0.514. The molecule has 0 spiro atoms. The molecule has 0 aliphatic rings. The number of carbonyl (C=O) groups excluding carboxylic acids is 1. The molecular weight excluding hydrogens is 366 g/mol. The van der Waals surface area contributed by atoms with Gasteiger partial charge >= 0.3 is 0 Å². The fourth-order valence-corrected chi connectivity index (χ4v) is 2.65. The van der Waals surface area contributed by atoms with Gasteiger partial charge in [0.2, 0.25) is 5.91 Å². The second-order valence-corrected chi connectivity index (χ2v) is 6.11. The monoisotopic (exact) mass is 389 g/mol. The lowest BCUT2D eigenvalue weighted by atomic mass is 10.2. The molecule has 0 aromatic heterocycles. The van der Waals surface area contributed by atoms with Gasteiger partial charge in [-0.25, -0.2) is 0 Å². The lowest BCUT2D eigenvalue weighted by molar-refractivity contribution is -0.111. The van der Waals surface area contributed by atoms with Gasteiger partial charge in [0.25, 0.3) is 0 Å². The largest absolute Gasteiger partial charge is 0.493 e. The third-order valence-electron chi connectivity index (χ3n) is 4.02. The van der Waals surface area contributed by atoms with Crippen LogP contribution in [0.4, 0.5) is 5.69 Å². The van der Waals surface area contributed by atoms with Crippen LogP contribution in [-0.4, -0.2) is 19.6 Å². The fourth-order valence-electron chi connectivity index (χ4n) is 2.65. The first-order valence-electron chi connectivity index (χ1n) is 9.31. The number of rotatable bonds is 8. The van der Waals surface area contributed by atoms with Crippen LogP contribution in [0.25, 0.3) is 6.08 Å². The topological polar surface area (TPSA) is 56.8 Å². The summed E-state index contributed by atoms with van der Waals surface area (Å²) in [5.41, 5.74) is 1.53. The smallest absolute Gasteiger partial charge is 0.248 e. The van der Waals surface area contributed by atoms with E-state index in [1.807, 2.05) is 67.6 Å². The van der Waals surface area contributed by atoms with Crippen LogP contribution in [0, 0.1) is 0 Å². The molecule has 0 saturated carbocycles. The molecule has 3 rings (SSSR count). The Morgan fingerprint density at radius 2 is 1.66 bits per heavy atom. The van der Waals surface area contributed by atoms with Gasteiger partial charge in [-0.05, 0) is 67.1 Å². The number of carbonyl (C=O) groups is 1. The molecule has 3 aromatic rings. The van der Waals surface area contributed by atoms with Crippen molar-refractivity contribution in [2.75, 3.05) is 19.0 Å². The molecule has 0 radical (unpaired) electrons. The molecule has 5 nitrogen and oxygen atoms in total. The maximum Gasteiger partial charge on any atom is 0.248 e. The van der Waals surface area contributed by atoms with Crippen molar-refractivity contribution >= 4 is 17.7 Å². The summed E-state index contributed by atoms with van der Waals surface area (Å²) in [7, 11) is 1.59. The van der Waals surface area contributed by atoms with Gasteiger partial charge in [-0.3, -0.25) is 4.79 Å². The molecule has 1 N–H and O–H groups in total. The molecule has 5 heteroatoms. The van der Waals surface area contributed by atoms with E-state index in [-0.39, 0.29) is 5.91 Å². The van der Waals surface area contributed by atoms with E-state index in [0.717, 1.165) is 11.3 Å². The minimum absolute atomic E-state index is 0.226. The summed E-state index contributed by atoms with van der Waals surface area (Å²) in [6.07, 6.45) is 3.20. The summed E-state index contributed by atoms with van der Waals surface area (Å²) < 4.78 is 16.6. The Hall–Kier alpha value is -3.73. The average molecular weight is 389 g/mol. The van der Waals surface area contributed by atoms with Gasteiger partial charge in [0.1, 0.15) is 11.5 Å². The maximum atomic E-state index is 12.2. The Bertz CT molecular complexity index is 966. The van der Waals surface area contributed by atoms with E-state index < -0.39 is 0 Å². The van der Waals surface area contributed by atoms with Gasteiger partial charge < -0.3 is 19.5 Å². The van der Waals surface area contributed by atoms with Gasteiger partial charge in [-0.15, -0.1) is 0 Å². The Labute approximate surface area is 170 Å². The highest BCUT2D eigenvalue weighted by Gasteiger charge is 2.05. The number of hydrogen-bond donors (Lipinski definition) is 1. The zero-order chi connectivity index (χ0) is 20.5. The number of benzene rings is 3. The van der Waals surface area contributed by atoms with Crippen molar-refractivity contribution in [2.24, 2.45) is 0 Å². The van der Waals surface area contributed by atoms with Crippen LogP contribution in [0.2, 0.25) is 0 Å². The number of nitrogens with one attached hydrogen (secondary N) is 1. The molecule has 0 aliphatic heterocycles. The zero-order valence-electron chi connectivity index (χ0n) is 16.4. The van der Waals surface area contributed by atoms with Crippen LogP contribution in [0.3, 0.4) is 0 Å². The molecule has 0 unspecified atom stereocenters. The average Bonchev–Trinajstić information content (AvgIpc) is 2.75. The Balaban J connectivity index is 1.59. The summed E-state index contributed by atoms with van der Waals surface area (Å²) >= 11 is 0. The van der Waals surface area contributed by atoms with Crippen LogP contribution in [0.15, 0.2) is 78.9 Å². The number of para-hydroxylation sites is 1. The molecule has 148 valence electrons. The maximum absolute atomic E-state index is 12.2. The van der Waals surface area contributed by atoms with E-state index in [0.29, 0.717) is 29.5 Å². The van der Waals surface area contributed by atoms with Crippen molar-refractivity contribution in [3.63, 3.8) is 0 Å². The molecule has 3 aromatic carbocycles. The van der Waals surface area contributed by atoms with E-state index >= 15 is 0 Å². The van der Waals surface area contributed by atoms with Gasteiger partial charge in [-0.2, -0.15) is 0 Å². The fraction of sp³-hybridized carbons (Fsp3) is 0.125. The van der Waals surface area contributed by atoms with Crippen molar-refractivity contribution in [3.05, 3.63) is 84.4 Å². The minimum Gasteiger partial charge on any atom is -0.493 e. The highest BCUT2D eigenvalue weighted by Crippen LogP contribution is 2.28. The summed E-state index contributed by atoms with van der Waals surface area (Å²) in [5.74, 6) is 2.54. The first kappa shape index (κ1) is 20.0. The van der Waals surface area contributed by atoms with E-state index in [1.54, 1.807) is 25.3 Å². The molecule has 1 amide bonds. The molecule has 0 saturated heterocycles. The summed E-state index contributed by atoms with van der Waals surface area (Å²) in [6.45, 7) is 2.44. The second kappa shape index (κ2) is 9.99. The Morgan fingerprint density at radius 3 is 2.34 bits per heavy atom. The van der Waals surface area contributed by atoms with Crippen LogP contribution < -0.4 is 19.5 Å². The van der Waals surface area contributed by atoms with Crippen molar-refractivity contribution in [2.45, 2.75) is 6.92 Å². The highest BCUT2D eigenvalue weighted by molar-refractivity contribution is 6.02. The third kappa shape index (κ3) is 5.87. The molecular formula is C24H23NO4. The lowest BCUT2D eigenvalue weighted by Crippen LogP contribution is -2.07. The molecule has 0 fully saturated rings. The van der Waals surface area contributed by atoms with Crippen LogP contribution in [0.1, 0.15) is 12.5 Å². The molecule has 0 aliphatic carbocycles. The third-order valence-corrected chi connectivity index (χ3v) is 4.02. The number of methoxy groups -OCH3 is 1. The van der Waals surface area contributed by atoms with Crippen molar-refractivity contribution in [1.82, 2.24) is 0 Å². The van der Waals surface area contributed by atoms with Crippen molar-refractivity contribution in [1.29, 1.82) is 0 Å². The molecule has 0 bridgehead atoms. The first-order valence-corrected chi connectivity index (χ1v) is 9.31. The first-order chi connectivity index (χ1) is 14.2. The highest BCUT2D eigenvalue weighted by atomic mass is 16.5. The van der Waals surface area contributed by atoms with Gasteiger partial charge in [-0.1, -0.05) is 24.3 Å². The number of amides is 1. The van der Waals surface area contributed by atoms with Crippen LogP contribution in [-0.2, 0) is 4.79 Å². The zero-order valence-corrected chi connectivity index (χ0v) is 16.4. The van der Waals surface area contributed by atoms with E-state index in [4.69, 9.17) is 14.2 Å². The molecule has 0 atom stereocenters. The predicted octanol–water partition coefficient (Wildman–Crippen LogP) is 5.54. The number of anilines is 1. The lowest BCUT2D eigenvalue weighted by Gasteiger charge is -2.09. The number of hydrogen-bond acceptors (Lipinski definition) is 4. The summed E-state index contributed by atoms with van der Waals surface area (Å²) in [5, 5.41) is 2.83. The molecule has 0 heterocycles. The molecule has 29 heavy (non-hydrogen) atoms. The van der Waals surface area contributed by atoms with E-state index in [2.05, 4.69) is 5.32 Å². The predicted molar refractivity (Wildman–Crippen MR) is 115 cm³/mol. The Kier molecular flexibility index (Phi) is 6.90. The van der Waals surface area contributed by atoms with Crippen molar-refractivity contribution < 1.29 is 19.0 Å². The summed E-state index contributed by atoms with van der Waals surface area (Å²) in [6, 6.07) is 22.3. The van der Waals surface area contributed by atoms with Crippen LogP contribution in [0.5, 0.6) is 23.0 Å². The Morgan fingerprint density at radius 1 is 0.931 bits per heavy atom. The van der Waals surface area contributed by atoms with E-state index in [9.17, 15) is 4.79 Å². The summed E-state index contributed by atoms with van der Waals surface area (Å²) in [4.78, 5) is 12.2. The van der Waals surface area contributed by atoms with Gasteiger partial charge in [0, 0.05) is 11.8 Å². The normalized spacial score (nSPS) is 10.6. The van der Waals surface area contributed by atoms with E-state index in [1.165, 1.54) is 6.08 Å². The van der Waals surface area contributed by atoms with Crippen LogP contribution >= 0.6 is 0 Å².